The lowest BCUT2D eigenvalue weighted by Gasteiger charge is -2.57. The van der Waals surface area contributed by atoms with Crippen molar-refractivity contribution in [1.82, 2.24) is 4.98 Å². The van der Waals surface area contributed by atoms with E-state index >= 15 is 0 Å². The molecular weight excluding hydrogens is 256 g/mol. The first-order valence-corrected chi connectivity index (χ1v) is 7.63. The lowest BCUT2D eigenvalue weighted by atomic mass is 9.48. The van der Waals surface area contributed by atoms with Crippen LogP contribution in [0, 0.1) is 29.1 Å². The smallest absolute Gasteiger partial charge is 0.147 e. The van der Waals surface area contributed by atoms with Gasteiger partial charge in [0, 0.05) is 6.20 Å². The highest BCUT2D eigenvalue weighted by Crippen LogP contribution is 2.61. The van der Waals surface area contributed by atoms with E-state index in [0.717, 1.165) is 17.8 Å². The molecule has 4 aliphatic carbocycles. The molecule has 0 atom stereocenters. The Bertz CT molecular complexity index is 537. The van der Waals surface area contributed by atoms with Gasteiger partial charge in [0.2, 0.25) is 0 Å². The Kier molecular flexibility index (Phi) is 2.45. The van der Waals surface area contributed by atoms with Crippen molar-refractivity contribution in [2.75, 3.05) is 0 Å². The van der Waals surface area contributed by atoms with Crippen LogP contribution in [-0.4, -0.2) is 4.98 Å². The zero-order valence-corrected chi connectivity index (χ0v) is 11.7. The summed E-state index contributed by atoms with van der Waals surface area (Å²) in [5.74, 6) is 2.64. The maximum Gasteiger partial charge on any atom is 0.147 e. The summed E-state index contributed by atoms with van der Waals surface area (Å²) < 4.78 is 0. The molecule has 98 valence electrons. The molecule has 0 aromatic carbocycles. The summed E-state index contributed by atoms with van der Waals surface area (Å²) in [6.45, 7) is 0. The molecule has 5 rings (SSSR count). The Morgan fingerprint density at radius 2 is 1.74 bits per heavy atom. The third kappa shape index (κ3) is 1.64. The van der Waals surface area contributed by atoms with Crippen molar-refractivity contribution < 1.29 is 0 Å². The van der Waals surface area contributed by atoms with Crippen LogP contribution in [0.1, 0.15) is 49.7 Å². The van der Waals surface area contributed by atoms with Crippen molar-refractivity contribution in [1.29, 1.82) is 5.26 Å². The first-order valence-electron chi connectivity index (χ1n) is 7.25. The monoisotopic (exact) mass is 272 g/mol. The predicted octanol–water partition coefficient (Wildman–Crippen LogP) is 4.07. The summed E-state index contributed by atoms with van der Waals surface area (Å²) in [7, 11) is 0. The van der Waals surface area contributed by atoms with Crippen LogP contribution in [-0.2, 0) is 5.41 Å². The highest BCUT2D eigenvalue weighted by Gasteiger charge is 2.52. The van der Waals surface area contributed by atoms with Gasteiger partial charge in [0.05, 0.1) is 5.56 Å². The molecule has 19 heavy (non-hydrogen) atoms. The molecule has 1 aromatic heterocycles. The number of halogens is 1. The van der Waals surface area contributed by atoms with E-state index in [4.69, 9.17) is 11.6 Å². The number of nitriles is 1. The molecule has 4 saturated carbocycles. The summed E-state index contributed by atoms with van der Waals surface area (Å²) in [5, 5.41) is 9.81. The maximum absolute atomic E-state index is 9.43. The number of hydrogen-bond acceptors (Lipinski definition) is 2. The van der Waals surface area contributed by atoms with Gasteiger partial charge in [-0.05, 0) is 73.3 Å². The maximum atomic E-state index is 9.43. The zero-order valence-electron chi connectivity index (χ0n) is 10.9. The molecule has 0 unspecified atom stereocenters. The van der Waals surface area contributed by atoms with E-state index in [1.165, 1.54) is 44.1 Å². The van der Waals surface area contributed by atoms with Crippen LogP contribution in [0.2, 0.25) is 5.15 Å². The second-order valence-corrected chi connectivity index (χ2v) is 7.19. The van der Waals surface area contributed by atoms with E-state index in [1.54, 1.807) is 6.20 Å². The van der Waals surface area contributed by atoms with E-state index in [1.807, 2.05) is 0 Å². The first-order chi connectivity index (χ1) is 9.20. The SMILES string of the molecule is N#Cc1c(C23CC4CC(CC(C4)C2)C3)ccnc1Cl. The number of aromatic nitrogens is 1. The van der Waals surface area contributed by atoms with Crippen LogP contribution in [0.5, 0.6) is 0 Å². The molecule has 1 heterocycles. The Balaban J connectivity index is 1.84. The van der Waals surface area contributed by atoms with E-state index in [9.17, 15) is 5.26 Å². The summed E-state index contributed by atoms with van der Waals surface area (Å²) in [4.78, 5) is 4.08. The fourth-order valence-electron chi connectivity index (χ4n) is 5.43. The number of hydrogen-bond donors (Lipinski definition) is 0. The van der Waals surface area contributed by atoms with Crippen LogP contribution in [0.25, 0.3) is 0 Å². The second kappa shape index (κ2) is 3.96. The highest BCUT2D eigenvalue weighted by atomic mass is 35.5. The largest absolute Gasteiger partial charge is 0.243 e. The molecule has 3 heteroatoms. The Hall–Kier alpha value is -1.07. The summed E-state index contributed by atoms with van der Waals surface area (Å²) >= 11 is 6.14. The predicted molar refractivity (Wildman–Crippen MR) is 73.8 cm³/mol. The summed E-state index contributed by atoms with van der Waals surface area (Å²) in [6.07, 6.45) is 9.80. The number of rotatable bonds is 1. The van der Waals surface area contributed by atoms with Crippen LogP contribution in [0.15, 0.2) is 12.3 Å². The fourth-order valence-corrected chi connectivity index (χ4v) is 5.63. The van der Waals surface area contributed by atoms with Gasteiger partial charge in [-0.15, -0.1) is 0 Å². The molecule has 0 saturated heterocycles. The van der Waals surface area contributed by atoms with Gasteiger partial charge < -0.3 is 0 Å². The quantitative estimate of drug-likeness (QED) is 0.723. The minimum atomic E-state index is 0.229. The fraction of sp³-hybridized carbons (Fsp3) is 0.625. The van der Waals surface area contributed by atoms with Crippen molar-refractivity contribution in [3.05, 3.63) is 28.5 Å². The van der Waals surface area contributed by atoms with Crippen molar-refractivity contribution in [2.45, 2.75) is 43.9 Å². The van der Waals surface area contributed by atoms with Gasteiger partial charge in [0.25, 0.3) is 0 Å². The van der Waals surface area contributed by atoms with Gasteiger partial charge in [-0.2, -0.15) is 5.26 Å². The van der Waals surface area contributed by atoms with E-state index in [0.29, 0.717) is 10.7 Å². The van der Waals surface area contributed by atoms with Gasteiger partial charge in [0.15, 0.2) is 0 Å². The molecule has 4 bridgehead atoms. The Morgan fingerprint density at radius 3 is 2.26 bits per heavy atom. The van der Waals surface area contributed by atoms with E-state index < -0.39 is 0 Å². The third-order valence-electron chi connectivity index (χ3n) is 5.63. The standard InChI is InChI=1S/C16H17ClN2/c17-15-13(9-18)14(1-2-19-15)16-6-10-3-11(7-16)5-12(4-10)8-16/h1-2,10-12H,3-8H2. The van der Waals surface area contributed by atoms with Crippen LogP contribution < -0.4 is 0 Å². The molecule has 2 nitrogen and oxygen atoms in total. The highest BCUT2D eigenvalue weighted by molar-refractivity contribution is 6.30. The average molecular weight is 273 g/mol. The van der Waals surface area contributed by atoms with Gasteiger partial charge in [-0.3, -0.25) is 0 Å². The minimum absolute atomic E-state index is 0.229. The van der Waals surface area contributed by atoms with Crippen LogP contribution in [0.3, 0.4) is 0 Å². The molecule has 0 amide bonds. The van der Waals surface area contributed by atoms with Crippen molar-refractivity contribution in [3.8, 4) is 6.07 Å². The van der Waals surface area contributed by atoms with Gasteiger partial charge in [0.1, 0.15) is 11.2 Å². The summed E-state index contributed by atoms with van der Waals surface area (Å²) in [6, 6.07) is 4.35. The average Bonchev–Trinajstić information content (AvgIpc) is 2.36. The van der Waals surface area contributed by atoms with E-state index in [-0.39, 0.29) is 5.41 Å². The molecule has 0 spiro atoms. The second-order valence-electron chi connectivity index (χ2n) is 6.83. The number of pyridine rings is 1. The first kappa shape index (κ1) is 11.7. The summed E-state index contributed by atoms with van der Waals surface area (Å²) in [5.41, 5.74) is 2.05. The van der Waals surface area contributed by atoms with Crippen molar-refractivity contribution in [2.24, 2.45) is 17.8 Å². The normalized spacial score (nSPS) is 39.3. The molecular formula is C16H17ClN2. The van der Waals surface area contributed by atoms with Gasteiger partial charge in [-0.25, -0.2) is 4.98 Å². The van der Waals surface area contributed by atoms with Gasteiger partial charge in [-0.1, -0.05) is 11.6 Å². The minimum Gasteiger partial charge on any atom is -0.243 e. The third-order valence-corrected chi connectivity index (χ3v) is 5.91. The Labute approximate surface area is 118 Å². The molecule has 0 radical (unpaired) electrons. The van der Waals surface area contributed by atoms with Crippen LogP contribution >= 0.6 is 11.6 Å². The molecule has 4 fully saturated rings. The lowest BCUT2D eigenvalue weighted by molar-refractivity contribution is -0.00534. The molecule has 0 N–H and O–H groups in total. The topological polar surface area (TPSA) is 36.7 Å². The molecule has 1 aromatic rings. The molecule has 0 aliphatic heterocycles. The van der Waals surface area contributed by atoms with Crippen molar-refractivity contribution >= 4 is 11.6 Å². The number of nitrogens with zero attached hydrogens (tertiary/aromatic N) is 2. The van der Waals surface area contributed by atoms with Crippen molar-refractivity contribution in [3.63, 3.8) is 0 Å². The lowest BCUT2D eigenvalue weighted by Crippen LogP contribution is -2.48. The van der Waals surface area contributed by atoms with Crippen LogP contribution in [0.4, 0.5) is 0 Å². The van der Waals surface area contributed by atoms with Gasteiger partial charge >= 0.3 is 0 Å². The Morgan fingerprint density at radius 1 is 1.16 bits per heavy atom. The van der Waals surface area contributed by atoms with E-state index in [2.05, 4.69) is 17.1 Å². The zero-order chi connectivity index (χ0) is 13.0. The molecule has 4 aliphatic rings.